The number of fused-ring (bicyclic) bond motifs is 1. The lowest BCUT2D eigenvalue weighted by Crippen LogP contribution is -2.23. The van der Waals surface area contributed by atoms with Crippen LogP contribution in [0.2, 0.25) is 0 Å². The van der Waals surface area contributed by atoms with E-state index < -0.39 is 0 Å². The molecule has 23 heavy (non-hydrogen) atoms. The molecule has 120 valence electrons. The minimum absolute atomic E-state index is 0.275. The molecular formula is C19H23N3S. The zero-order chi connectivity index (χ0) is 16.2. The van der Waals surface area contributed by atoms with Gasteiger partial charge in [0.1, 0.15) is 0 Å². The minimum Gasteiger partial charge on any atom is -0.331 e. The van der Waals surface area contributed by atoms with Gasteiger partial charge in [0.05, 0.1) is 5.69 Å². The number of rotatable bonds is 6. The third-order valence-corrected chi connectivity index (χ3v) is 4.61. The van der Waals surface area contributed by atoms with Crippen LogP contribution in [-0.4, -0.2) is 11.5 Å². The predicted octanol–water partition coefficient (Wildman–Crippen LogP) is 5.35. The normalized spacial score (nSPS) is 12.7. The summed E-state index contributed by atoms with van der Waals surface area (Å²) in [5.74, 6) is 0.643. The smallest absolute Gasteiger partial charge is 0.187 e. The number of nitrogens with zero attached hydrogens (tertiary/aromatic N) is 1. The van der Waals surface area contributed by atoms with Crippen molar-refractivity contribution >= 4 is 32.9 Å². The molecular weight excluding hydrogens is 302 g/mol. The van der Waals surface area contributed by atoms with E-state index in [-0.39, 0.29) is 6.04 Å². The van der Waals surface area contributed by atoms with E-state index >= 15 is 0 Å². The third kappa shape index (κ3) is 3.89. The van der Waals surface area contributed by atoms with Gasteiger partial charge < -0.3 is 10.6 Å². The fourth-order valence-corrected chi connectivity index (χ4v) is 3.33. The monoisotopic (exact) mass is 325 g/mol. The Morgan fingerprint density at radius 2 is 1.83 bits per heavy atom. The van der Waals surface area contributed by atoms with Crippen LogP contribution in [0.25, 0.3) is 10.8 Å². The van der Waals surface area contributed by atoms with Gasteiger partial charge in [-0.3, -0.25) is 0 Å². The lowest BCUT2D eigenvalue weighted by molar-refractivity contribution is 0.491. The molecule has 2 N–H and O–H groups in total. The Morgan fingerprint density at radius 3 is 2.65 bits per heavy atom. The van der Waals surface area contributed by atoms with E-state index in [0.29, 0.717) is 5.92 Å². The number of benzene rings is 2. The van der Waals surface area contributed by atoms with Crippen molar-refractivity contribution in [2.45, 2.75) is 26.8 Å². The maximum absolute atomic E-state index is 4.74. The van der Waals surface area contributed by atoms with Crippen LogP contribution in [0.1, 0.15) is 32.5 Å². The van der Waals surface area contributed by atoms with E-state index in [0.717, 1.165) is 23.1 Å². The molecule has 0 amide bonds. The van der Waals surface area contributed by atoms with Crippen molar-refractivity contribution in [3.05, 3.63) is 53.5 Å². The lowest BCUT2D eigenvalue weighted by Gasteiger charge is -2.13. The van der Waals surface area contributed by atoms with Gasteiger partial charge in [0.15, 0.2) is 5.13 Å². The fourth-order valence-electron chi connectivity index (χ4n) is 2.51. The van der Waals surface area contributed by atoms with Crippen molar-refractivity contribution < 1.29 is 0 Å². The molecule has 0 aliphatic heterocycles. The Bertz CT molecular complexity index is 774. The highest BCUT2D eigenvalue weighted by Gasteiger charge is 2.11. The van der Waals surface area contributed by atoms with Gasteiger partial charge in [0.2, 0.25) is 0 Å². The number of aromatic nitrogens is 1. The summed E-state index contributed by atoms with van der Waals surface area (Å²) in [6.07, 6.45) is 0. The van der Waals surface area contributed by atoms with Crippen molar-refractivity contribution in [1.29, 1.82) is 0 Å². The topological polar surface area (TPSA) is 37.0 Å². The first-order valence-electron chi connectivity index (χ1n) is 8.07. The standard InChI is InChI=1S/C19H23N3S/c1-13(2)11-20-14(3)18-12-23-19(22-18)21-17-10-6-8-15-7-4-5-9-16(15)17/h4-10,12-14,20H,11H2,1-3H3,(H,21,22). The van der Waals surface area contributed by atoms with Gasteiger partial charge in [-0.1, -0.05) is 50.2 Å². The molecule has 0 bridgehead atoms. The highest BCUT2D eigenvalue weighted by Crippen LogP contribution is 2.29. The first kappa shape index (κ1) is 16.0. The lowest BCUT2D eigenvalue weighted by atomic mass is 10.1. The summed E-state index contributed by atoms with van der Waals surface area (Å²) in [5, 5.41) is 12.5. The van der Waals surface area contributed by atoms with Crippen LogP contribution in [-0.2, 0) is 0 Å². The maximum Gasteiger partial charge on any atom is 0.187 e. The van der Waals surface area contributed by atoms with Gasteiger partial charge >= 0.3 is 0 Å². The summed E-state index contributed by atoms with van der Waals surface area (Å²) in [5.41, 5.74) is 2.20. The van der Waals surface area contributed by atoms with Crippen LogP contribution in [0.5, 0.6) is 0 Å². The quantitative estimate of drug-likeness (QED) is 0.642. The zero-order valence-corrected chi connectivity index (χ0v) is 14.7. The van der Waals surface area contributed by atoms with Gasteiger partial charge in [-0.05, 0) is 30.8 Å². The highest BCUT2D eigenvalue weighted by molar-refractivity contribution is 7.13. The van der Waals surface area contributed by atoms with Gasteiger partial charge in [-0.2, -0.15) is 0 Å². The Kier molecular flexibility index (Phi) is 4.94. The van der Waals surface area contributed by atoms with Crippen molar-refractivity contribution in [2.75, 3.05) is 11.9 Å². The van der Waals surface area contributed by atoms with Crippen LogP contribution in [0.3, 0.4) is 0 Å². The first-order chi connectivity index (χ1) is 11.1. The van der Waals surface area contributed by atoms with E-state index in [2.05, 4.69) is 79.2 Å². The number of thiazole rings is 1. The highest BCUT2D eigenvalue weighted by atomic mass is 32.1. The second kappa shape index (κ2) is 7.11. The van der Waals surface area contributed by atoms with Gasteiger partial charge in [-0.15, -0.1) is 11.3 Å². The van der Waals surface area contributed by atoms with Crippen LogP contribution >= 0.6 is 11.3 Å². The second-order valence-corrected chi connectivity index (χ2v) is 7.11. The summed E-state index contributed by atoms with van der Waals surface area (Å²) in [6.45, 7) is 7.60. The molecule has 3 rings (SSSR count). The molecule has 0 saturated heterocycles. The van der Waals surface area contributed by atoms with E-state index in [9.17, 15) is 0 Å². The molecule has 1 atom stereocenters. The summed E-state index contributed by atoms with van der Waals surface area (Å²) >= 11 is 1.65. The number of hydrogen-bond donors (Lipinski definition) is 2. The molecule has 3 aromatic rings. The molecule has 0 aliphatic rings. The van der Waals surface area contributed by atoms with Crippen molar-refractivity contribution in [3.8, 4) is 0 Å². The Morgan fingerprint density at radius 1 is 1.04 bits per heavy atom. The molecule has 1 unspecified atom stereocenters. The molecule has 3 nitrogen and oxygen atoms in total. The van der Waals surface area contributed by atoms with Gasteiger partial charge in [0.25, 0.3) is 0 Å². The molecule has 0 fully saturated rings. The van der Waals surface area contributed by atoms with E-state index in [1.165, 1.54) is 10.8 Å². The van der Waals surface area contributed by atoms with Crippen molar-refractivity contribution in [1.82, 2.24) is 10.3 Å². The molecule has 0 radical (unpaired) electrons. The predicted molar refractivity (Wildman–Crippen MR) is 101 cm³/mol. The molecule has 1 aromatic heterocycles. The molecule has 0 saturated carbocycles. The maximum atomic E-state index is 4.74. The van der Waals surface area contributed by atoms with Gasteiger partial charge in [0, 0.05) is 22.5 Å². The molecule has 1 heterocycles. The van der Waals surface area contributed by atoms with Crippen LogP contribution < -0.4 is 10.6 Å². The van der Waals surface area contributed by atoms with Gasteiger partial charge in [-0.25, -0.2) is 4.98 Å². The third-order valence-electron chi connectivity index (χ3n) is 3.83. The molecule has 2 aromatic carbocycles. The van der Waals surface area contributed by atoms with E-state index in [1.54, 1.807) is 11.3 Å². The fraction of sp³-hybridized carbons (Fsp3) is 0.316. The molecule has 0 spiro atoms. The summed E-state index contributed by atoms with van der Waals surface area (Å²) in [6, 6.07) is 15.0. The minimum atomic E-state index is 0.275. The van der Waals surface area contributed by atoms with E-state index in [1.807, 2.05) is 0 Å². The Labute approximate surface area is 141 Å². The Balaban J connectivity index is 1.76. The number of nitrogens with one attached hydrogen (secondary N) is 2. The summed E-state index contributed by atoms with van der Waals surface area (Å²) in [4.78, 5) is 4.74. The average Bonchev–Trinajstić information content (AvgIpc) is 3.01. The average molecular weight is 325 g/mol. The van der Waals surface area contributed by atoms with Crippen LogP contribution in [0.4, 0.5) is 10.8 Å². The Hall–Kier alpha value is -1.91. The van der Waals surface area contributed by atoms with E-state index in [4.69, 9.17) is 4.98 Å². The second-order valence-electron chi connectivity index (χ2n) is 6.25. The summed E-state index contributed by atoms with van der Waals surface area (Å²) in [7, 11) is 0. The van der Waals surface area contributed by atoms with Crippen molar-refractivity contribution in [2.24, 2.45) is 5.92 Å². The molecule has 4 heteroatoms. The molecule has 0 aliphatic carbocycles. The zero-order valence-electron chi connectivity index (χ0n) is 13.8. The van der Waals surface area contributed by atoms with Crippen LogP contribution in [0.15, 0.2) is 47.8 Å². The largest absolute Gasteiger partial charge is 0.331 e. The number of hydrogen-bond acceptors (Lipinski definition) is 4. The van der Waals surface area contributed by atoms with Crippen LogP contribution in [0, 0.1) is 5.92 Å². The number of anilines is 2. The SMILES string of the molecule is CC(C)CNC(C)c1csc(Nc2cccc3ccccc23)n1. The van der Waals surface area contributed by atoms with Crippen molar-refractivity contribution in [3.63, 3.8) is 0 Å². The first-order valence-corrected chi connectivity index (χ1v) is 8.95. The summed E-state index contributed by atoms with van der Waals surface area (Å²) < 4.78 is 0.